The van der Waals surface area contributed by atoms with Gasteiger partial charge in [0.05, 0.1) is 11.7 Å². The number of carbonyl (C=O) groups is 1. The second kappa shape index (κ2) is 7.11. The fraction of sp³-hybridized carbons (Fsp3) is 0.333. The summed E-state index contributed by atoms with van der Waals surface area (Å²) in [6.07, 6.45) is 4.34. The number of hydrogen-bond donors (Lipinski definition) is 1. The summed E-state index contributed by atoms with van der Waals surface area (Å²) in [5.74, 6) is -0.771. The van der Waals surface area contributed by atoms with E-state index >= 15 is 0 Å². The maximum Gasteiger partial charge on any atom is 0.320 e. The zero-order valence-electron chi connectivity index (χ0n) is 12.7. The van der Waals surface area contributed by atoms with Crippen molar-refractivity contribution >= 4 is 17.6 Å². The molecular formula is C18H19ClN2O2. The fourth-order valence-corrected chi connectivity index (χ4v) is 3.47. The fourth-order valence-electron chi connectivity index (χ4n) is 3.27. The molecule has 0 saturated carbocycles. The highest BCUT2D eigenvalue weighted by atomic mass is 35.5. The second-order valence-electron chi connectivity index (χ2n) is 5.80. The minimum Gasteiger partial charge on any atom is -0.480 e. The van der Waals surface area contributed by atoms with Crippen molar-refractivity contribution in [1.82, 2.24) is 9.88 Å². The van der Waals surface area contributed by atoms with E-state index in [-0.39, 0.29) is 6.04 Å². The highest BCUT2D eigenvalue weighted by Gasteiger charge is 2.35. The zero-order chi connectivity index (χ0) is 16.2. The first kappa shape index (κ1) is 16.0. The van der Waals surface area contributed by atoms with Gasteiger partial charge in [0.15, 0.2) is 0 Å². The van der Waals surface area contributed by atoms with Crippen molar-refractivity contribution in [3.05, 3.63) is 64.9 Å². The smallest absolute Gasteiger partial charge is 0.320 e. The first-order chi connectivity index (χ1) is 11.2. The summed E-state index contributed by atoms with van der Waals surface area (Å²) in [7, 11) is 0. The molecule has 1 aliphatic heterocycles. The van der Waals surface area contributed by atoms with Gasteiger partial charge >= 0.3 is 5.97 Å². The highest BCUT2D eigenvalue weighted by molar-refractivity contribution is 6.30. The first-order valence-corrected chi connectivity index (χ1v) is 8.19. The normalized spacial score (nSPS) is 20.1. The largest absolute Gasteiger partial charge is 0.480 e. The molecule has 0 spiro atoms. The molecule has 1 aliphatic rings. The number of pyridine rings is 1. The monoisotopic (exact) mass is 330 g/mol. The molecule has 3 rings (SSSR count). The van der Waals surface area contributed by atoms with Crippen molar-refractivity contribution in [2.45, 2.75) is 31.3 Å². The summed E-state index contributed by atoms with van der Waals surface area (Å²) in [6, 6.07) is 12.7. The number of aliphatic carboxylic acids is 1. The van der Waals surface area contributed by atoms with Crippen molar-refractivity contribution in [3.8, 4) is 0 Å². The molecule has 1 aromatic heterocycles. The number of halogens is 1. The lowest BCUT2D eigenvalue weighted by Crippen LogP contribution is -2.47. The maximum absolute atomic E-state index is 11.7. The molecule has 23 heavy (non-hydrogen) atoms. The van der Waals surface area contributed by atoms with E-state index in [1.54, 1.807) is 6.20 Å². The Kier molecular flexibility index (Phi) is 4.94. The van der Waals surface area contributed by atoms with Gasteiger partial charge in [-0.1, -0.05) is 36.2 Å². The summed E-state index contributed by atoms with van der Waals surface area (Å²) in [6.45, 7) is 0.741. The molecule has 2 heterocycles. The van der Waals surface area contributed by atoms with Crippen LogP contribution in [0.15, 0.2) is 48.7 Å². The Morgan fingerprint density at radius 3 is 2.83 bits per heavy atom. The van der Waals surface area contributed by atoms with Crippen LogP contribution < -0.4 is 0 Å². The summed E-state index contributed by atoms with van der Waals surface area (Å²) in [5.41, 5.74) is 1.83. The van der Waals surface area contributed by atoms with Gasteiger partial charge in [-0.15, -0.1) is 0 Å². The van der Waals surface area contributed by atoms with Crippen LogP contribution >= 0.6 is 11.6 Å². The van der Waals surface area contributed by atoms with Gasteiger partial charge in [0.2, 0.25) is 0 Å². The molecule has 2 aromatic rings. The lowest BCUT2D eigenvalue weighted by atomic mass is 9.94. The summed E-state index contributed by atoms with van der Waals surface area (Å²) >= 11 is 6.16. The van der Waals surface area contributed by atoms with E-state index in [2.05, 4.69) is 4.98 Å². The van der Waals surface area contributed by atoms with Crippen molar-refractivity contribution < 1.29 is 9.90 Å². The predicted octanol–water partition coefficient (Wildman–Crippen LogP) is 3.76. The minimum atomic E-state index is -0.771. The number of likely N-dealkylation sites (tertiary alicyclic amines) is 1. The molecule has 0 bridgehead atoms. The van der Waals surface area contributed by atoms with Gasteiger partial charge in [0.25, 0.3) is 0 Å². The Morgan fingerprint density at radius 2 is 2.13 bits per heavy atom. The predicted molar refractivity (Wildman–Crippen MR) is 89.5 cm³/mol. The van der Waals surface area contributed by atoms with Gasteiger partial charge in [-0.25, -0.2) is 0 Å². The van der Waals surface area contributed by atoms with Gasteiger partial charge in [0.1, 0.15) is 6.04 Å². The molecule has 1 N–H and O–H groups in total. The SMILES string of the molecule is O=C(O)C1CCCCN1C(c1cccc(Cl)c1)c1ccccn1. The molecule has 0 aliphatic carbocycles. The van der Waals surface area contributed by atoms with Crippen LogP contribution in [-0.2, 0) is 4.79 Å². The summed E-state index contributed by atoms with van der Waals surface area (Å²) < 4.78 is 0. The lowest BCUT2D eigenvalue weighted by molar-refractivity contribution is -0.145. The van der Waals surface area contributed by atoms with Gasteiger partial charge in [-0.3, -0.25) is 14.7 Å². The van der Waals surface area contributed by atoms with E-state index in [9.17, 15) is 9.90 Å². The van der Waals surface area contributed by atoms with Crippen molar-refractivity contribution in [2.24, 2.45) is 0 Å². The van der Waals surface area contributed by atoms with Gasteiger partial charge in [-0.2, -0.15) is 0 Å². The number of rotatable bonds is 4. The third kappa shape index (κ3) is 3.54. The van der Waals surface area contributed by atoms with Crippen LogP contribution in [0.1, 0.15) is 36.6 Å². The van der Waals surface area contributed by atoms with Crippen LogP contribution in [0.5, 0.6) is 0 Å². The number of aromatic nitrogens is 1. The van der Waals surface area contributed by atoms with Crippen LogP contribution in [0.3, 0.4) is 0 Å². The van der Waals surface area contributed by atoms with Crippen molar-refractivity contribution in [2.75, 3.05) is 6.54 Å². The van der Waals surface area contributed by atoms with Gasteiger partial charge < -0.3 is 5.11 Å². The van der Waals surface area contributed by atoms with Gasteiger partial charge in [0, 0.05) is 11.2 Å². The Labute approximate surface area is 140 Å². The van der Waals surface area contributed by atoms with Gasteiger partial charge in [-0.05, 0) is 49.2 Å². The standard InChI is InChI=1S/C18H19ClN2O2/c19-14-7-5-6-13(12-14)17(15-8-1-3-10-20-15)21-11-4-2-9-16(21)18(22)23/h1,3,5-8,10,12,16-17H,2,4,9,11H2,(H,22,23). The van der Waals surface area contributed by atoms with E-state index in [1.165, 1.54) is 0 Å². The highest BCUT2D eigenvalue weighted by Crippen LogP contribution is 2.34. The maximum atomic E-state index is 11.7. The molecule has 1 fully saturated rings. The average Bonchev–Trinajstić information content (AvgIpc) is 2.56. The molecular weight excluding hydrogens is 312 g/mol. The number of hydrogen-bond acceptors (Lipinski definition) is 3. The topological polar surface area (TPSA) is 53.4 Å². The third-order valence-electron chi connectivity index (χ3n) is 4.29. The molecule has 2 atom stereocenters. The Bertz CT molecular complexity index is 678. The van der Waals surface area contributed by atoms with Crippen molar-refractivity contribution in [3.63, 3.8) is 0 Å². The lowest BCUT2D eigenvalue weighted by Gasteiger charge is -2.39. The number of nitrogens with zero attached hydrogens (tertiary/aromatic N) is 2. The van der Waals surface area contributed by atoms with E-state index in [0.717, 1.165) is 30.6 Å². The quantitative estimate of drug-likeness (QED) is 0.927. The molecule has 1 aromatic carbocycles. The summed E-state index contributed by atoms with van der Waals surface area (Å²) in [4.78, 5) is 18.2. The van der Waals surface area contributed by atoms with E-state index in [0.29, 0.717) is 11.4 Å². The average molecular weight is 331 g/mol. The molecule has 0 radical (unpaired) electrons. The minimum absolute atomic E-state index is 0.198. The molecule has 2 unspecified atom stereocenters. The van der Waals surface area contributed by atoms with Crippen LogP contribution in [0.25, 0.3) is 0 Å². The molecule has 120 valence electrons. The Hall–Kier alpha value is -1.91. The Balaban J connectivity index is 2.06. The molecule has 1 saturated heterocycles. The molecule has 4 nitrogen and oxygen atoms in total. The Morgan fingerprint density at radius 1 is 1.26 bits per heavy atom. The van der Waals surface area contributed by atoms with Crippen LogP contribution in [0.2, 0.25) is 5.02 Å². The van der Waals surface area contributed by atoms with E-state index in [1.807, 2.05) is 47.4 Å². The number of piperidine rings is 1. The van der Waals surface area contributed by atoms with Crippen LogP contribution in [-0.4, -0.2) is 33.5 Å². The zero-order valence-corrected chi connectivity index (χ0v) is 13.5. The summed E-state index contributed by atoms with van der Waals surface area (Å²) in [5, 5.41) is 10.3. The van der Waals surface area contributed by atoms with Crippen LogP contribution in [0, 0.1) is 0 Å². The number of benzene rings is 1. The van der Waals surface area contributed by atoms with Crippen LogP contribution in [0.4, 0.5) is 0 Å². The first-order valence-electron chi connectivity index (χ1n) is 7.82. The second-order valence-corrected chi connectivity index (χ2v) is 6.24. The molecule has 5 heteroatoms. The van der Waals surface area contributed by atoms with E-state index < -0.39 is 12.0 Å². The third-order valence-corrected chi connectivity index (χ3v) is 4.53. The number of carboxylic acids is 1. The van der Waals surface area contributed by atoms with E-state index in [4.69, 9.17) is 11.6 Å². The number of carboxylic acid groups (broad SMARTS) is 1. The van der Waals surface area contributed by atoms with Crippen molar-refractivity contribution in [1.29, 1.82) is 0 Å². The molecule has 0 amide bonds.